The summed E-state index contributed by atoms with van der Waals surface area (Å²) in [4.78, 5) is 12.6. The second-order valence-electron chi connectivity index (χ2n) is 4.20. The Balaban J connectivity index is 2.63. The molecule has 4 heteroatoms. The van der Waals surface area contributed by atoms with Crippen molar-refractivity contribution in [1.29, 1.82) is 0 Å². The van der Waals surface area contributed by atoms with Crippen LogP contribution in [0.5, 0.6) is 0 Å². The molecule has 3 nitrogen and oxygen atoms in total. The van der Waals surface area contributed by atoms with Gasteiger partial charge in [-0.1, -0.05) is 19.1 Å². The number of carboxylic acid groups (broad SMARTS) is 1. The van der Waals surface area contributed by atoms with E-state index in [1.807, 2.05) is 24.9 Å². The van der Waals surface area contributed by atoms with E-state index in [-0.39, 0.29) is 18.3 Å². The summed E-state index contributed by atoms with van der Waals surface area (Å²) < 4.78 is 13.0. The zero-order chi connectivity index (χ0) is 12.8. The van der Waals surface area contributed by atoms with Crippen LogP contribution in [0, 0.1) is 5.82 Å². The van der Waals surface area contributed by atoms with Crippen LogP contribution in [0.25, 0.3) is 0 Å². The van der Waals surface area contributed by atoms with Crippen LogP contribution < -0.4 is 0 Å². The van der Waals surface area contributed by atoms with Crippen molar-refractivity contribution in [2.75, 3.05) is 7.05 Å². The first-order chi connectivity index (χ1) is 8.02. The number of halogens is 1. The summed E-state index contributed by atoms with van der Waals surface area (Å²) in [6.07, 6.45) is 0.875. The molecule has 0 heterocycles. The highest BCUT2D eigenvalue weighted by Gasteiger charge is 2.16. The molecule has 0 spiro atoms. The first-order valence-corrected chi connectivity index (χ1v) is 5.69. The third-order valence-electron chi connectivity index (χ3n) is 2.83. The molecule has 1 unspecified atom stereocenters. The zero-order valence-electron chi connectivity index (χ0n) is 10.2. The molecule has 0 aliphatic rings. The SMILES string of the molecule is CCC(CC(=O)O)N(C)Cc1cccc(F)c1. The summed E-state index contributed by atoms with van der Waals surface area (Å²) in [5.74, 6) is -1.06. The Bertz CT molecular complexity index is 381. The molecule has 1 N–H and O–H groups in total. The summed E-state index contributed by atoms with van der Waals surface area (Å²) >= 11 is 0. The fourth-order valence-electron chi connectivity index (χ4n) is 1.87. The van der Waals surface area contributed by atoms with E-state index in [0.29, 0.717) is 6.54 Å². The predicted octanol–water partition coefficient (Wildman–Crippen LogP) is 2.51. The monoisotopic (exact) mass is 239 g/mol. The van der Waals surface area contributed by atoms with Gasteiger partial charge in [-0.25, -0.2) is 4.39 Å². The first kappa shape index (κ1) is 13.6. The number of benzene rings is 1. The highest BCUT2D eigenvalue weighted by atomic mass is 19.1. The van der Waals surface area contributed by atoms with E-state index < -0.39 is 5.97 Å². The number of nitrogens with zero attached hydrogens (tertiary/aromatic N) is 1. The van der Waals surface area contributed by atoms with E-state index in [0.717, 1.165) is 12.0 Å². The predicted molar refractivity (Wildman–Crippen MR) is 64.2 cm³/mol. The van der Waals surface area contributed by atoms with E-state index in [1.54, 1.807) is 6.07 Å². The van der Waals surface area contributed by atoms with Crippen molar-refractivity contribution in [2.24, 2.45) is 0 Å². The minimum Gasteiger partial charge on any atom is -0.481 e. The molecule has 0 aliphatic heterocycles. The molecule has 0 amide bonds. The van der Waals surface area contributed by atoms with Gasteiger partial charge in [0.2, 0.25) is 0 Å². The lowest BCUT2D eigenvalue weighted by Gasteiger charge is -2.25. The molecule has 17 heavy (non-hydrogen) atoms. The van der Waals surface area contributed by atoms with Gasteiger partial charge in [0.25, 0.3) is 0 Å². The quantitative estimate of drug-likeness (QED) is 0.829. The number of carboxylic acids is 1. The number of hydrogen-bond donors (Lipinski definition) is 1. The van der Waals surface area contributed by atoms with Gasteiger partial charge in [-0.05, 0) is 31.2 Å². The largest absolute Gasteiger partial charge is 0.481 e. The molecule has 0 aromatic heterocycles. The van der Waals surface area contributed by atoms with E-state index >= 15 is 0 Å². The molecule has 0 saturated carbocycles. The van der Waals surface area contributed by atoms with Crippen molar-refractivity contribution in [3.63, 3.8) is 0 Å². The molecule has 0 fully saturated rings. The first-order valence-electron chi connectivity index (χ1n) is 5.69. The van der Waals surface area contributed by atoms with Gasteiger partial charge < -0.3 is 5.11 Å². The smallest absolute Gasteiger partial charge is 0.304 e. The van der Waals surface area contributed by atoms with Crippen LogP contribution >= 0.6 is 0 Å². The van der Waals surface area contributed by atoms with Gasteiger partial charge in [0, 0.05) is 12.6 Å². The van der Waals surface area contributed by atoms with Crippen molar-refractivity contribution >= 4 is 5.97 Å². The lowest BCUT2D eigenvalue weighted by molar-refractivity contribution is -0.138. The molecule has 0 radical (unpaired) electrons. The summed E-state index contributed by atoms with van der Waals surface area (Å²) in [7, 11) is 1.86. The number of rotatable bonds is 6. The number of aliphatic carboxylic acids is 1. The van der Waals surface area contributed by atoms with E-state index in [1.165, 1.54) is 12.1 Å². The lowest BCUT2D eigenvalue weighted by atomic mass is 10.1. The third kappa shape index (κ3) is 4.53. The Morgan fingerprint density at radius 3 is 2.76 bits per heavy atom. The van der Waals surface area contributed by atoms with Gasteiger partial charge in [-0.2, -0.15) is 0 Å². The van der Waals surface area contributed by atoms with E-state index in [9.17, 15) is 9.18 Å². The van der Waals surface area contributed by atoms with Crippen LogP contribution in [0.1, 0.15) is 25.3 Å². The Labute approximate surface area is 101 Å². The maximum Gasteiger partial charge on any atom is 0.304 e. The Morgan fingerprint density at radius 1 is 1.53 bits per heavy atom. The fraction of sp³-hybridized carbons (Fsp3) is 0.462. The van der Waals surface area contributed by atoms with E-state index in [2.05, 4.69) is 0 Å². The molecular formula is C13H18FNO2. The summed E-state index contributed by atoms with van der Waals surface area (Å²) in [5.41, 5.74) is 0.858. The average molecular weight is 239 g/mol. The molecule has 0 aliphatic carbocycles. The molecule has 1 aromatic rings. The summed E-state index contributed by atoms with van der Waals surface area (Å²) in [6, 6.07) is 6.36. The minimum absolute atomic E-state index is 0.0178. The van der Waals surface area contributed by atoms with Crippen LogP contribution in [0.15, 0.2) is 24.3 Å². The van der Waals surface area contributed by atoms with Gasteiger partial charge >= 0.3 is 5.97 Å². The zero-order valence-corrected chi connectivity index (χ0v) is 10.2. The minimum atomic E-state index is -0.803. The Hall–Kier alpha value is -1.42. The maximum atomic E-state index is 13.0. The molecular weight excluding hydrogens is 221 g/mol. The van der Waals surface area contributed by atoms with Gasteiger partial charge in [0.05, 0.1) is 6.42 Å². The van der Waals surface area contributed by atoms with Crippen molar-refractivity contribution < 1.29 is 14.3 Å². The van der Waals surface area contributed by atoms with Crippen LogP contribution in [0.2, 0.25) is 0 Å². The Morgan fingerprint density at radius 2 is 2.24 bits per heavy atom. The number of carbonyl (C=O) groups is 1. The van der Waals surface area contributed by atoms with Crippen molar-refractivity contribution in [3.8, 4) is 0 Å². The van der Waals surface area contributed by atoms with Crippen molar-refractivity contribution in [1.82, 2.24) is 4.90 Å². The van der Waals surface area contributed by atoms with Crippen molar-refractivity contribution in [3.05, 3.63) is 35.6 Å². The van der Waals surface area contributed by atoms with Gasteiger partial charge in [0.15, 0.2) is 0 Å². The molecule has 0 bridgehead atoms. The molecule has 94 valence electrons. The lowest BCUT2D eigenvalue weighted by Crippen LogP contribution is -2.32. The fourth-order valence-corrected chi connectivity index (χ4v) is 1.87. The normalized spacial score (nSPS) is 12.7. The Kier molecular flexibility index (Phi) is 5.10. The van der Waals surface area contributed by atoms with Crippen LogP contribution in [0.3, 0.4) is 0 Å². The highest BCUT2D eigenvalue weighted by molar-refractivity contribution is 5.67. The maximum absolute atomic E-state index is 13.0. The highest BCUT2D eigenvalue weighted by Crippen LogP contribution is 2.12. The third-order valence-corrected chi connectivity index (χ3v) is 2.83. The molecule has 1 aromatic carbocycles. The topological polar surface area (TPSA) is 40.5 Å². The van der Waals surface area contributed by atoms with Crippen LogP contribution in [-0.4, -0.2) is 29.1 Å². The number of hydrogen-bond acceptors (Lipinski definition) is 2. The molecule has 1 atom stereocenters. The van der Waals surface area contributed by atoms with Crippen LogP contribution in [0.4, 0.5) is 4.39 Å². The molecule has 0 saturated heterocycles. The average Bonchev–Trinajstić information content (AvgIpc) is 2.25. The van der Waals surface area contributed by atoms with Crippen molar-refractivity contribution in [2.45, 2.75) is 32.4 Å². The molecule has 1 rings (SSSR count). The van der Waals surface area contributed by atoms with E-state index in [4.69, 9.17) is 5.11 Å². The van der Waals surface area contributed by atoms with Gasteiger partial charge in [-0.3, -0.25) is 9.69 Å². The second kappa shape index (κ2) is 6.35. The van der Waals surface area contributed by atoms with Gasteiger partial charge in [0.1, 0.15) is 5.82 Å². The van der Waals surface area contributed by atoms with Gasteiger partial charge in [-0.15, -0.1) is 0 Å². The summed E-state index contributed by atoms with van der Waals surface area (Å²) in [6.45, 7) is 2.51. The summed E-state index contributed by atoms with van der Waals surface area (Å²) in [5, 5.41) is 8.79. The second-order valence-corrected chi connectivity index (χ2v) is 4.20. The standard InChI is InChI=1S/C13H18FNO2/c1-3-12(8-13(16)17)15(2)9-10-5-4-6-11(14)7-10/h4-7,12H,3,8-9H2,1-2H3,(H,16,17). The van der Waals surface area contributed by atoms with Crippen LogP contribution in [-0.2, 0) is 11.3 Å².